The first-order valence-electron chi connectivity index (χ1n) is 5.72. The van der Waals surface area contributed by atoms with E-state index in [4.69, 9.17) is 0 Å². The van der Waals surface area contributed by atoms with Crippen molar-refractivity contribution >= 4 is 22.5 Å². The Morgan fingerprint density at radius 3 is 1.89 bits per heavy atom. The molecule has 1 nitrogen and oxygen atoms in total. The summed E-state index contributed by atoms with van der Waals surface area (Å²) in [6.07, 6.45) is 3.69. The molecule has 0 aliphatic carbocycles. The molecule has 0 spiro atoms. The van der Waals surface area contributed by atoms with Crippen molar-refractivity contribution < 1.29 is 4.79 Å². The monoisotopic (exact) mass is 254 g/mol. The van der Waals surface area contributed by atoms with Gasteiger partial charge in [0, 0.05) is 16.5 Å². The Bertz CT molecular complexity index is 544. The Morgan fingerprint density at radius 2 is 1.39 bits per heavy atom. The van der Waals surface area contributed by atoms with E-state index >= 15 is 0 Å². The van der Waals surface area contributed by atoms with E-state index in [0.717, 1.165) is 16.0 Å². The molecular formula is C16H14OS. The number of carbonyl (C=O) groups is 1. The molecule has 18 heavy (non-hydrogen) atoms. The van der Waals surface area contributed by atoms with Crippen molar-refractivity contribution in [3.05, 3.63) is 77.9 Å². The highest BCUT2D eigenvalue weighted by molar-refractivity contribution is 8.07. The fourth-order valence-corrected chi connectivity index (χ4v) is 2.26. The van der Waals surface area contributed by atoms with Gasteiger partial charge in [0.05, 0.1) is 0 Å². The molecule has 0 saturated carbocycles. The van der Waals surface area contributed by atoms with E-state index in [1.165, 1.54) is 0 Å². The van der Waals surface area contributed by atoms with Gasteiger partial charge in [-0.1, -0.05) is 60.7 Å². The third kappa shape index (κ3) is 3.11. The molecule has 0 radical (unpaired) electrons. The van der Waals surface area contributed by atoms with Crippen LogP contribution in [0.25, 0.3) is 4.91 Å². The van der Waals surface area contributed by atoms with Gasteiger partial charge in [-0.2, -0.15) is 0 Å². The standard InChI is InChI=1S/C16H14OS/c1-18-16(14-10-6-3-7-11-14)12-15(17)13-8-4-2-5-9-13/h2-12H,1H3. The van der Waals surface area contributed by atoms with Crippen molar-refractivity contribution in [3.63, 3.8) is 0 Å². The second-order valence-corrected chi connectivity index (χ2v) is 4.66. The zero-order chi connectivity index (χ0) is 12.8. The Hall–Kier alpha value is -1.80. The summed E-state index contributed by atoms with van der Waals surface area (Å²) in [6, 6.07) is 19.3. The Labute approximate surface area is 112 Å². The van der Waals surface area contributed by atoms with Crippen LogP contribution in [0.2, 0.25) is 0 Å². The number of carbonyl (C=O) groups excluding carboxylic acids is 1. The third-order valence-electron chi connectivity index (χ3n) is 2.60. The van der Waals surface area contributed by atoms with E-state index in [1.54, 1.807) is 17.8 Å². The first kappa shape index (κ1) is 12.7. The number of thioether (sulfide) groups is 1. The zero-order valence-corrected chi connectivity index (χ0v) is 11.0. The molecule has 0 unspecified atom stereocenters. The average molecular weight is 254 g/mol. The van der Waals surface area contributed by atoms with E-state index < -0.39 is 0 Å². The van der Waals surface area contributed by atoms with Crippen LogP contribution in [-0.2, 0) is 0 Å². The van der Waals surface area contributed by atoms with Crippen LogP contribution < -0.4 is 0 Å². The Kier molecular flexibility index (Phi) is 4.37. The van der Waals surface area contributed by atoms with Crippen LogP contribution in [-0.4, -0.2) is 12.0 Å². The molecule has 0 atom stereocenters. The molecule has 0 heterocycles. The Balaban J connectivity index is 2.29. The summed E-state index contributed by atoms with van der Waals surface area (Å²) in [5.74, 6) is 0.0452. The van der Waals surface area contributed by atoms with E-state index in [2.05, 4.69) is 0 Å². The van der Waals surface area contributed by atoms with Gasteiger partial charge in [-0.05, 0) is 11.8 Å². The van der Waals surface area contributed by atoms with Crippen LogP contribution >= 0.6 is 11.8 Å². The van der Waals surface area contributed by atoms with Crippen LogP contribution in [0, 0.1) is 0 Å². The molecule has 0 N–H and O–H groups in total. The second kappa shape index (κ2) is 6.22. The van der Waals surface area contributed by atoms with Gasteiger partial charge in [-0.3, -0.25) is 4.79 Å². The summed E-state index contributed by atoms with van der Waals surface area (Å²) in [5, 5.41) is 0. The number of benzene rings is 2. The van der Waals surface area contributed by atoms with Gasteiger partial charge < -0.3 is 0 Å². The van der Waals surface area contributed by atoms with Crippen molar-refractivity contribution in [1.29, 1.82) is 0 Å². The molecular weight excluding hydrogens is 240 g/mol. The molecule has 0 aromatic heterocycles. The molecule has 0 aliphatic rings. The van der Waals surface area contributed by atoms with Gasteiger partial charge in [0.1, 0.15) is 0 Å². The highest BCUT2D eigenvalue weighted by Crippen LogP contribution is 2.25. The number of rotatable bonds is 4. The summed E-state index contributed by atoms with van der Waals surface area (Å²) in [5.41, 5.74) is 1.80. The summed E-state index contributed by atoms with van der Waals surface area (Å²) in [6.45, 7) is 0. The summed E-state index contributed by atoms with van der Waals surface area (Å²) >= 11 is 1.59. The maximum atomic E-state index is 12.1. The highest BCUT2D eigenvalue weighted by atomic mass is 32.2. The fourth-order valence-electron chi connectivity index (χ4n) is 1.67. The summed E-state index contributed by atoms with van der Waals surface area (Å²) in [4.78, 5) is 13.1. The van der Waals surface area contributed by atoms with Gasteiger partial charge in [0.2, 0.25) is 0 Å². The lowest BCUT2D eigenvalue weighted by atomic mass is 10.1. The Morgan fingerprint density at radius 1 is 0.889 bits per heavy atom. The largest absolute Gasteiger partial charge is 0.289 e. The number of ketones is 1. The van der Waals surface area contributed by atoms with Crippen LogP contribution in [0.3, 0.4) is 0 Å². The zero-order valence-electron chi connectivity index (χ0n) is 10.2. The fraction of sp³-hybridized carbons (Fsp3) is 0.0625. The predicted molar refractivity (Wildman–Crippen MR) is 78.7 cm³/mol. The molecule has 0 bridgehead atoms. The van der Waals surface area contributed by atoms with Gasteiger partial charge >= 0.3 is 0 Å². The summed E-state index contributed by atoms with van der Waals surface area (Å²) < 4.78 is 0. The van der Waals surface area contributed by atoms with Gasteiger partial charge in [0.15, 0.2) is 5.78 Å². The summed E-state index contributed by atoms with van der Waals surface area (Å²) in [7, 11) is 0. The maximum absolute atomic E-state index is 12.1. The quantitative estimate of drug-likeness (QED) is 0.598. The maximum Gasteiger partial charge on any atom is 0.186 e. The van der Waals surface area contributed by atoms with Crippen molar-refractivity contribution in [2.45, 2.75) is 0 Å². The normalized spacial score (nSPS) is 11.3. The number of hydrogen-bond acceptors (Lipinski definition) is 2. The van der Waals surface area contributed by atoms with Gasteiger partial charge in [0.25, 0.3) is 0 Å². The molecule has 0 saturated heterocycles. The first-order valence-corrected chi connectivity index (χ1v) is 6.94. The molecule has 2 aromatic carbocycles. The van der Waals surface area contributed by atoms with Crippen LogP contribution in [0.1, 0.15) is 15.9 Å². The van der Waals surface area contributed by atoms with Crippen LogP contribution in [0.5, 0.6) is 0 Å². The molecule has 2 rings (SSSR count). The highest BCUT2D eigenvalue weighted by Gasteiger charge is 2.05. The third-order valence-corrected chi connectivity index (χ3v) is 3.39. The average Bonchev–Trinajstić information content (AvgIpc) is 2.46. The lowest BCUT2D eigenvalue weighted by molar-refractivity contribution is 0.104. The molecule has 0 aliphatic heterocycles. The van der Waals surface area contributed by atoms with Crippen molar-refractivity contribution in [3.8, 4) is 0 Å². The molecule has 90 valence electrons. The van der Waals surface area contributed by atoms with Crippen molar-refractivity contribution in [2.75, 3.05) is 6.26 Å². The molecule has 2 aromatic rings. The topological polar surface area (TPSA) is 17.1 Å². The molecule has 2 heteroatoms. The van der Waals surface area contributed by atoms with E-state index in [-0.39, 0.29) is 5.78 Å². The molecule has 0 amide bonds. The van der Waals surface area contributed by atoms with Crippen LogP contribution in [0.4, 0.5) is 0 Å². The second-order valence-electron chi connectivity index (χ2n) is 3.81. The van der Waals surface area contributed by atoms with E-state index in [1.807, 2.05) is 66.9 Å². The van der Waals surface area contributed by atoms with Crippen molar-refractivity contribution in [2.24, 2.45) is 0 Å². The number of hydrogen-bond donors (Lipinski definition) is 0. The minimum absolute atomic E-state index is 0.0452. The number of allylic oxidation sites excluding steroid dienone is 1. The van der Waals surface area contributed by atoms with E-state index in [9.17, 15) is 4.79 Å². The van der Waals surface area contributed by atoms with E-state index in [0.29, 0.717) is 0 Å². The smallest absolute Gasteiger partial charge is 0.186 e. The van der Waals surface area contributed by atoms with Gasteiger partial charge in [-0.25, -0.2) is 0 Å². The molecule has 0 fully saturated rings. The first-order chi connectivity index (χ1) is 8.81. The predicted octanol–water partition coefficient (Wildman–Crippen LogP) is 4.27. The lowest BCUT2D eigenvalue weighted by Gasteiger charge is -2.04. The van der Waals surface area contributed by atoms with Crippen molar-refractivity contribution in [1.82, 2.24) is 0 Å². The van der Waals surface area contributed by atoms with Gasteiger partial charge in [-0.15, -0.1) is 11.8 Å². The lowest BCUT2D eigenvalue weighted by Crippen LogP contribution is -1.94. The minimum Gasteiger partial charge on any atom is -0.289 e. The van der Waals surface area contributed by atoms with Crippen LogP contribution in [0.15, 0.2) is 66.7 Å². The SMILES string of the molecule is CSC(=CC(=O)c1ccccc1)c1ccccc1. The minimum atomic E-state index is 0.0452.